The predicted molar refractivity (Wildman–Crippen MR) is 59.7 cm³/mol. The molecular formula is C12H17NO2. The Balaban J connectivity index is 2.48. The standard InChI is InChI=1S/C12H17NO2/c1-4-8-5-9-10(13-2)7-15-12(9)11(6-8)14-3/h5-6,10,13H,4,7H2,1-3H3. The van der Waals surface area contributed by atoms with Crippen LogP contribution < -0.4 is 14.8 Å². The fourth-order valence-corrected chi connectivity index (χ4v) is 1.95. The second kappa shape index (κ2) is 4.11. The van der Waals surface area contributed by atoms with Crippen LogP contribution in [0.4, 0.5) is 0 Å². The minimum absolute atomic E-state index is 0.292. The van der Waals surface area contributed by atoms with E-state index < -0.39 is 0 Å². The minimum atomic E-state index is 0.292. The van der Waals surface area contributed by atoms with Crippen LogP contribution in [0, 0.1) is 0 Å². The first-order valence-corrected chi connectivity index (χ1v) is 5.31. The molecule has 0 spiro atoms. The lowest BCUT2D eigenvalue weighted by molar-refractivity contribution is 0.300. The van der Waals surface area contributed by atoms with Gasteiger partial charge in [0.25, 0.3) is 0 Å². The van der Waals surface area contributed by atoms with E-state index in [1.165, 1.54) is 11.1 Å². The van der Waals surface area contributed by atoms with Gasteiger partial charge in [-0.1, -0.05) is 13.0 Å². The number of methoxy groups -OCH3 is 1. The van der Waals surface area contributed by atoms with Crippen LogP contribution in [0.2, 0.25) is 0 Å². The number of nitrogens with one attached hydrogen (secondary N) is 1. The summed E-state index contributed by atoms with van der Waals surface area (Å²) < 4.78 is 11.0. The normalized spacial score (nSPS) is 18.5. The van der Waals surface area contributed by atoms with Crippen LogP contribution in [0.5, 0.6) is 11.5 Å². The van der Waals surface area contributed by atoms with Gasteiger partial charge in [-0.25, -0.2) is 0 Å². The van der Waals surface area contributed by atoms with Crippen LogP contribution in [-0.4, -0.2) is 20.8 Å². The molecule has 1 N–H and O–H groups in total. The highest BCUT2D eigenvalue weighted by Gasteiger charge is 2.26. The maximum Gasteiger partial charge on any atom is 0.166 e. The number of aryl methyl sites for hydroxylation is 1. The summed E-state index contributed by atoms with van der Waals surface area (Å²) in [5.41, 5.74) is 2.50. The minimum Gasteiger partial charge on any atom is -0.493 e. The molecule has 3 heteroatoms. The first-order valence-electron chi connectivity index (χ1n) is 5.31. The summed E-state index contributed by atoms with van der Waals surface area (Å²) in [5, 5.41) is 3.24. The monoisotopic (exact) mass is 207 g/mol. The van der Waals surface area contributed by atoms with Gasteiger partial charge in [0.05, 0.1) is 13.2 Å². The molecule has 3 nitrogen and oxygen atoms in total. The maximum absolute atomic E-state index is 5.64. The summed E-state index contributed by atoms with van der Waals surface area (Å²) in [7, 11) is 3.64. The lowest BCUT2D eigenvalue weighted by Gasteiger charge is -2.10. The summed E-state index contributed by atoms with van der Waals surface area (Å²) in [6.45, 7) is 2.83. The molecule has 1 atom stereocenters. The Bertz CT molecular complexity index is 363. The average Bonchev–Trinajstić information content (AvgIpc) is 2.70. The second-order valence-corrected chi connectivity index (χ2v) is 3.72. The zero-order valence-corrected chi connectivity index (χ0v) is 9.46. The molecule has 15 heavy (non-hydrogen) atoms. The largest absolute Gasteiger partial charge is 0.493 e. The highest BCUT2D eigenvalue weighted by Crippen LogP contribution is 2.41. The molecule has 82 valence electrons. The van der Waals surface area contributed by atoms with Gasteiger partial charge < -0.3 is 14.8 Å². The Morgan fingerprint density at radius 2 is 2.33 bits per heavy atom. The molecule has 0 bridgehead atoms. The van der Waals surface area contributed by atoms with Crippen molar-refractivity contribution in [1.29, 1.82) is 0 Å². The number of ether oxygens (including phenoxy) is 2. The fourth-order valence-electron chi connectivity index (χ4n) is 1.95. The quantitative estimate of drug-likeness (QED) is 0.821. The highest BCUT2D eigenvalue weighted by molar-refractivity contribution is 5.53. The third kappa shape index (κ3) is 1.67. The molecule has 1 aromatic carbocycles. The van der Waals surface area contributed by atoms with Gasteiger partial charge in [0.2, 0.25) is 0 Å². The zero-order chi connectivity index (χ0) is 10.8. The van der Waals surface area contributed by atoms with Gasteiger partial charge >= 0.3 is 0 Å². The summed E-state index contributed by atoms with van der Waals surface area (Å²) in [5.74, 6) is 1.75. The van der Waals surface area contributed by atoms with Gasteiger partial charge in [0.1, 0.15) is 6.61 Å². The SMILES string of the molecule is CCc1cc(OC)c2c(c1)C(NC)CO2. The topological polar surface area (TPSA) is 30.5 Å². The summed E-state index contributed by atoms with van der Waals surface area (Å²) >= 11 is 0. The summed E-state index contributed by atoms with van der Waals surface area (Å²) in [6.07, 6.45) is 1.01. The molecule has 0 fully saturated rings. The first-order chi connectivity index (χ1) is 7.30. The fraction of sp³-hybridized carbons (Fsp3) is 0.500. The van der Waals surface area contributed by atoms with E-state index >= 15 is 0 Å². The third-order valence-corrected chi connectivity index (χ3v) is 2.89. The third-order valence-electron chi connectivity index (χ3n) is 2.89. The van der Waals surface area contributed by atoms with Gasteiger partial charge in [0.15, 0.2) is 11.5 Å². The highest BCUT2D eigenvalue weighted by atomic mass is 16.5. The van der Waals surface area contributed by atoms with E-state index in [1.54, 1.807) is 7.11 Å². The number of hydrogen-bond acceptors (Lipinski definition) is 3. The second-order valence-electron chi connectivity index (χ2n) is 3.72. The molecule has 0 radical (unpaired) electrons. The van der Waals surface area contributed by atoms with E-state index in [-0.39, 0.29) is 0 Å². The Morgan fingerprint density at radius 1 is 1.53 bits per heavy atom. The molecule has 0 amide bonds. The van der Waals surface area contributed by atoms with Crippen molar-refractivity contribution in [2.75, 3.05) is 20.8 Å². The molecule has 1 aliphatic heterocycles. The van der Waals surface area contributed by atoms with Crippen molar-refractivity contribution in [3.8, 4) is 11.5 Å². The van der Waals surface area contributed by atoms with Gasteiger partial charge in [-0.2, -0.15) is 0 Å². The lowest BCUT2D eigenvalue weighted by Crippen LogP contribution is -2.17. The number of benzene rings is 1. The summed E-state index contributed by atoms with van der Waals surface area (Å²) in [6, 6.07) is 4.54. The molecule has 2 rings (SSSR count). The number of likely N-dealkylation sites (N-methyl/N-ethyl adjacent to an activating group) is 1. The number of fused-ring (bicyclic) bond motifs is 1. The van der Waals surface area contributed by atoms with Crippen molar-refractivity contribution >= 4 is 0 Å². The van der Waals surface area contributed by atoms with E-state index in [2.05, 4.69) is 24.4 Å². The van der Waals surface area contributed by atoms with Gasteiger partial charge in [-0.05, 0) is 25.1 Å². The van der Waals surface area contributed by atoms with Gasteiger partial charge in [-0.3, -0.25) is 0 Å². The molecule has 0 saturated carbocycles. The van der Waals surface area contributed by atoms with Crippen molar-refractivity contribution in [3.05, 3.63) is 23.3 Å². The smallest absolute Gasteiger partial charge is 0.166 e. The van der Waals surface area contributed by atoms with Gasteiger partial charge in [-0.15, -0.1) is 0 Å². The summed E-state index contributed by atoms with van der Waals surface area (Å²) in [4.78, 5) is 0. The van der Waals surface area contributed by atoms with E-state index in [9.17, 15) is 0 Å². The molecule has 1 heterocycles. The molecule has 1 aromatic rings. The molecule has 0 saturated heterocycles. The van der Waals surface area contributed by atoms with Crippen molar-refractivity contribution < 1.29 is 9.47 Å². The van der Waals surface area contributed by atoms with Gasteiger partial charge in [0, 0.05) is 5.56 Å². The molecular weight excluding hydrogens is 190 g/mol. The van der Waals surface area contributed by atoms with E-state index in [0.717, 1.165) is 17.9 Å². The average molecular weight is 207 g/mol. The predicted octanol–water partition coefficient (Wildman–Crippen LogP) is 1.91. The Kier molecular flexibility index (Phi) is 2.82. The van der Waals surface area contributed by atoms with Crippen LogP contribution in [0.15, 0.2) is 12.1 Å². The van der Waals surface area contributed by atoms with E-state index in [0.29, 0.717) is 12.6 Å². The number of rotatable bonds is 3. The first kappa shape index (κ1) is 10.3. The Labute approximate surface area is 90.4 Å². The number of hydrogen-bond donors (Lipinski definition) is 1. The zero-order valence-electron chi connectivity index (χ0n) is 9.46. The van der Waals surface area contributed by atoms with Crippen molar-refractivity contribution in [1.82, 2.24) is 5.32 Å². The van der Waals surface area contributed by atoms with Crippen molar-refractivity contribution in [3.63, 3.8) is 0 Å². The maximum atomic E-state index is 5.64. The van der Waals surface area contributed by atoms with Crippen LogP contribution >= 0.6 is 0 Å². The lowest BCUT2D eigenvalue weighted by atomic mass is 10.0. The van der Waals surface area contributed by atoms with Crippen LogP contribution in [0.1, 0.15) is 24.1 Å². The van der Waals surface area contributed by atoms with E-state index in [4.69, 9.17) is 9.47 Å². The van der Waals surface area contributed by atoms with Crippen molar-refractivity contribution in [2.45, 2.75) is 19.4 Å². The van der Waals surface area contributed by atoms with Crippen LogP contribution in [0.25, 0.3) is 0 Å². The van der Waals surface area contributed by atoms with Crippen LogP contribution in [0.3, 0.4) is 0 Å². The Morgan fingerprint density at radius 3 is 2.93 bits per heavy atom. The van der Waals surface area contributed by atoms with Crippen molar-refractivity contribution in [2.24, 2.45) is 0 Å². The van der Waals surface area contributed by atoms with Crippen LogP contribution in [-0.2, 0) is 6.42 Å². The van der Waals surface area contributed by atoms with E-state index in [1.807, 2.05) is 7.05 Å². The molecule has 0 aromatic heterocycles. The molecule has 1 unspecified atom stereocenters. The Hall–Kier alpha value is -1.22. The molecule has 1 aliphatic rings. The molecule has 0 aliphatic carbocycles.